The number of carbonyl (C=O) groups excluding carboxylic acids is 1. The van der Waals surface area contributed by atoms with E-state index in [2.05, 4.69) is 31.3 Å². The molecule has 0 aromatic heterocycles. The lowest BCUT2D eigenvalue weighted by Crippen LogP contribution is -2.60. The molecule has 0 aromatic carbocycles. The molecule has 1 rings (SSSR count). The molecule has 1 amide bonds. The number of hydrogen-bond acceptors (Lipinski definition) is 10. The minimum absolute atomic E-state index is 0.260. The lowest BCUT2D eigenvalue weighted by Gasteiger charge is -2.40. The van der Waals surface area contributed by atoms with Gasteiger partial charge in [0, 0.05) is 0 Å². The second-order valence-corrected chi connectivity index (χ2v) is 25.3. The molecule has 1 heterocycles. The van der Waals surface area contributed by atoms with Gasteiger partial charge in [-0.3, -0.25) is 4.79 Å². The van der Waals surface area contributed by atoms with Gasteiger partial charge < -0.3 is 50.5 Å². The number of carbonyl (C=O) groups is 1. The van der Waals surface area contributed by atoms with Crippen molar-refractivity contribution in [2.24, 2.45) is 0 Å². The molecule has 0 aromatic rings. The number of allylic oxidation sites excluding steroid dienone is 2. The fraction of sp³-hybridized carbons (Fsp3) is 0.957. The first-order chi connectivity index (χ1) is 39.7. The van der Waals surface area contributed by atoms with E-state index in [4.69, 9.17) is 9.47 Å². The summed E-state index contributed by atoms with van der Waals surface area (Å²) in [5, 5.41) is 76.5. The van der Waals surface area contributed by atoms with Crippen LogP contribution in [0.2, 0.25) is 0 Å². The van der Waals surface area contributed by atoms with E-state index < -0.39 is 74.2 Å². The minimum atomic E-state index is -1.67. The van der Waals surface area contributed by atoms with E-state index in [1.165, 1.54) is 283 Å². The van der Waals surface area contributed by atoms with Gasteiger partial charge in [-0.2, -0.15) is 0 Å². The summed E-state index contributed by atoms with van der Waals surface area (Å²) in [6, 6.07) is -1.18. The first-order valence-corrected chi connectivity index (χ1v) is 35.6. The molecule has 0 spiro atoms. The zero-order valence-corrected chi connectivity index (χ0v) is 53.3. The molecule has 11 nitrogen and oxygen atoms in total. The first kappa shape index (κ1) is 77.9. The Kier molecular flexibility index (Phi) is 56.9. The maximum atomic E-state index is 13.2. The van der Waals surface area contributed by atoms with Gasteiger partial charge in [-0.15, -0.1) is 0 Å². The number of amides is 1. The van der Waals surface area contributed by atoms with Gasteiger partial charge in [-0.05, 0) is 38.5 Å². The molecule has 9 atom stereocenters. The van der Waals surface area contributed by atoms with Crippen LogP contribution in [0.4, 0.5) is 0 Å². The van der Waals surface area contributed by atoms with Crippen molar-refractivity contribution in [1.82, 2.24) is 5.32 Å². The topological polar surface area (TPSA) is 189 Å². The summed E-state index contributed by atoms with van der Waals surface area (Å²) in [5.74, 6) is -0.697. The van der Waals surface area contributed by atoms with Crippen molar-refractivity contribution in [3.63, 3.8) is 0 Å². The van der Waals surface area contributed by atoms with E-state index in [9.17, 15) is 40.5 Å². The number of nitrogens with one attached hydrogen (secondary N) is 1. The highest BCUT2D eigenvalue weighted by molar-refractivity contribution is 5.80. The van der Waals surface area contributed by atoms with Crippen LogP contribution in [-0.4, -0.2) is 110 Å². The van der Waals surface area contributed by atoms with Crippen molar-refractivity contribution in [2.75, 3.05) is 13.2 Å². The standard InChI is InChI=1S/C70H137NO10/c1-3-5-7-9-11-13-15-17-19-21-23-25-27-28-29-30-31-32-33-34-36-38-40-42-44-46-48-50-52-54-56-58-63(74)69(79)71-61(60-80-70-68(78)67(77)66(76)64(59-72)81-70)65(75)62(73)57-55-53-51-49-47-45-43-41-39-37-35-26-24-22-20-18-16-14-12-10-8-6-4-2/h49,51,61-68,70,72-78H,3-48,50,52-60H2,1-2H3,(H,71,79)/b51-49+. The predicted octanol–water partition coefficient (Wildman–Crippen LogP) is 17.0. The van der Waals surface area contributed by atoms with E-state index in [1.54, 1.807) is 0 Å². The van der Waals surface area contributed by atoms with E-state index in [1.807, 2.05) is 0 Å². The molecule has 1 aliphatic rings. The molecule has 0 aliphatic carbocycles. The second-order valence-electron chi connectivity index (χ2n) is 25.3. The average molecular weight is 1150 g/mol. The minimum Gasteiger partial charge on any atom is -0.394 e. The summed E-state index contributed by atoms with van der Waals surface area (Å²) in [5.41, 5.74) is 0. The molecule has 1 fully saturated rings. The Labute approximate surface area is 500 Å². The lowest BCUT2D eigenvalue weighted by molar-refractivity contribution is -0.303. The Morgan fingerprint density at radius 3 is 1.06 bits per heavy atom. The molecular formula is C70H137NO10. The van der Waals surface area contributed by atoms with E-state index in [-0.39, 0.29) is 12.8 Å². The van der Waals surface area contributed by atoms with Gasteiger partial charge >= 0.3 is 0 Å². The lowest BCUT2D eigenvalue weighted by atomic mass is 9.98. The van der Waals surface area contributed by atoms with Gasteiger partial charge in [0.25, 0.3) is 0 Å². The summed E-state index contributed by atoms with van der Waals surface area (Å²) >= 11 is 0. The fourth-order valence-corrected chi connectivity index (χ4v) is 11.9. The maximum absolute atomic E-state index is 13.2. The van der Waals surface area contributed by atoms with Crippen LogP contribution in [0, 0.1) is 0 Å². The monoisotopic (exact) mass is 1150 g/mol. The zero-order valence-electron chi connectivity index (χ0n) is 53.3. The molecule has 1 saturated heterocycles. The van der Waals surface area contributed by atoms with E-state index in [0.29, 0.717) is 12.8 Å². The van der Waals surface area contributed by atoms with Gasteiger partial charge in [0.2, 0.25) is 5.91 Å². The highest BCUT2D eigenvalue weighted by Crippen LogP contribution is 2.24. The molecule has 0 bridgehead atoms. The van der Waals surface area contributed by atoms with Gasteiger partial charge in [0.15, 0.2) is 6.29 Å². The quantitative estimate of drug-likeness (QED) is 0.0215. The number of unbranched alkanes of at least 4 members (excludes halogenated alkanes) is 49. The Balaban J connectivity index is 2.18. The van der Waals surface area contributed by atoms with Crippen molar-refractivity contribution in [2.45, 2.75) is 416 Å². The van der Waals surface area contributed by atoms with Crippen molar-refractivity contribution in [1.29, 1.82) is 0 Å². The van der Waals surface area contributed by atoms with Crippen molar-refractivity contribution in [3.8, 4) is 0 Å². The van der Waals surface area contributed by atoms with Crippen molar-refractivity contribution >= 4 is 5.91 Å². The summed E-state index contributed by atoms with van der Waals surface area (Å²) in [6.07, 6.45) is 61.6. The normalized spacial score (nSPS) is 19.1. The maximum Gasteiger partial charge on any atom is 0.249 e. The van der Waals surface area contributed by atoms with Crippen LogP contribution < -0.4 is 5.32 Å². The largest absolute Gasteiger partial charge is 0.394 e. The Morgan fingerprint density at radius 2 is 0.728 bits per heavy atom. The summed E-state index contributed by atoms with van der Waals surface area (Å²) in [4.78, 5) is 13.2. The highest BCUT2D eigenvalue weighted by atomic mass is 16.7. The van der Waals surface area contributed by atoms with Crippen molar-refractivity contribution < 1.29 is 50.0 Å². The molecule has 8 N–H and O–H groups in total. The van der Waals surface area contributed by atoms with Gasteiger partial charge in [-0.25, -0.2) is 0 Å². The molecule has 0 radical (unpaired) electrons. The third-order valence-corrected chi connectivity index (χ3v) is 17.6. The smallest absolute Gasteiger partial charge is 0.249 e. The van der Waals surface area contributed by atoms with E-state index >= 15 is 0 Å². The molecule has 1 aliphatic heterocycles. The highest BCUT2D eigenvalue weighted by Gasteiger charge is 2.44. The molecule has 81 heavy (non-hydrogen) atoms. The van der Waals surface area contributed by atoms with Gasteiger partial charge in [0.05, 0.1) is 25.4 Å². The first-order valence-electron chi connectivity index (χ1n) is 35.6. The van der Waals surface area contributed by atoms with Crippen molar-refractivity contribution in [3.05, 3.63) is 12.2 Å². The SMILES string of the molecule is CCCCCCCCCCCCCCCCCCCC/C=C/CCCC(O)C(O)C(COC1OC(CO)C(O)C(O)C1O)NC(=O)C(O)CCCCCCCCCCCCCCCCCCCCCCCCCCCCCCCCC. The number of aliphatic hydroxyl groups is 7. The fourth-order valence-electron chi connectivity index (χ4n) is 11.9. The number of ether oxygens (including phenoxy) is 2. The van der Waals surface area contributed by atoms with Crippen LogP contribution in [-0.2, 0) is 14.3 Å². The molecule has 0 saturated carbocycles. The average Bonchev–Trinajstić information content (AvgIpc) is 3.49. The zero-order chi connectivity index (χ0) is 58.9. The van der Waals surface area contributed by atoms with Crippen LogP contribution in [0.3, 0.4) is 0 Å². The third kappa shape index (κ3) is 46.7. The number of aliphatic hydroxyl groups excluding tert-OH is 7. The number of rotatable bonds is 63. The van der Waals surface area contributed by atoms with Gasteiger partial charge in [-0.1, -0.05) is 334 Å². The molecule has 11 heteroatoms. The summed E-state index contributed by atoms with van der Waals surface area (Å²) in [6.45, 7) is 3.51. The molecular weight excluding hydrogens is 1010 g/mol. The Bertz CT molecular complexity index is 1320. The molecule has 482 valence electrons. The third-order valence-electron chi connectivity index (χ3n) is 17.6. The van der Waals surface area contributed by atoms with E-state index in [0.717, 1.165) is 38.5 Å². The molecule has 9 unspecified atom stereocenters. The van der Waals surface area contributed by atoms with Crippen LogP contribution in [0.5, 0.6) is 0 Å². The van der Waals surface area contributed by atoms with Crippen LogP contribution in [0.15, 0.2) is 12.2 Å². The van der Waals surface area contributed by atoms with Crippen LogP contribution >= 0.6 is 0 Å². The predicted molar refractivity (Wildman–Crippen MR) is 339 cm³/mol. The van der Waals surface area contributed by atoms with Crippen LogP contribution in [0.1, 0.15) is 361 Å². The number of hydrogen-bond donors (Lipinski definition) is 8. The van der Waals surface area contributed by atoms with Crippen LogP contribution in [0.25, 0.3) is 0 Å². The second kappa shape index (κ2) is 59.2. The summed E-state index contributed by atoms with van der Waals surface area (Å²) < 4.78 is 11.2. The Hall–Kier alpha value is -1.15. The van der Waals surface area contributed by atoms with Gasteiger partial charge in [0.1, 0.15) is 36.6 Å². The Morgan fingerprint density at radius 1 is 0.420 bits per heavy atom. The summed E-state index contributed by atoms with van der Waals surface area (Å²) in [7, 11) is 0.